The number of fused-ring (bicyclic) bond motifs is 4. The summed E-state index contributed by atoms with van der Waals surface area (Å²) in [4.78, 5) is 27.7. The summed E-state index contributed by atoms with van der Waals surface area (Å²) in [6, 6.07) is 37.6. The van der Waals surface area contributed by atoms with Crippen LogP contribution in [0.15, 0.2) is 121 Å². The Balaban J connectivity index is 1.32. The van der Waals surface area contributed by atoms with Gasteiger partial charge in [-0.25, -0.2) is 0 Å². The number of rotatable bonds is 4. The molecule has 1 aliphatic rings. The lowest BCUT2D eigenvalue weighted by atomic mass is 9.83. The van der Waals surface area contributed by atoms with Gasteiger partial charge in [0, 0.05) is 21.9 Å². The third-order valence-electron chi connectivity index (χ3n) is 6.93. The SMILES string of the molecule is O=C1c2cccc(Oc3cccc4ccccc34)c2C(=O)c2cccc(Oc3cccc4ccccc34)c21. The molecule has 0 bridgehead atoms. The van der Waals surface area contributed by atoms with Crippen LogP contribution in [0.1, 0.15) is 31.8 Å². The first kappa shape index (κ1) is 22.0. The first-order valence-corrected chi connectivity index (χ1v) is 12.4. The maximum atomic E-state index is 13.9. The predicted octanol–water partition coefficient (Wildman–Crippen LogP) is 8.35. The number of ether oxygens (including phenoxy) is 2. The third-order valence-corrected chi connectivity index (χ3v) is 6.93. The van der Waals surface area contributed by atoms with Crippen LogP contribution in [0.5, 0.6) is 23.0 Å². The zero-order chi connectivity index (χ0) is 25.6. The number of benzene rings is 6. The predicted molar refractivity (Wildman–Crippen MR) is 148 cm³/mol. The van der Waals surface area contributed by atoms with Crippen molar-refractivity contribution in [1.29, 1.82) is 0 Å². The van der Waals surface area contributed by atoms with E-state index >= 15 is 0 Å². The van der Waals surface area contributed by atoms with Crippen LogP contribution in [-0.2, 0) is 0 Å². The van der Waals surface area contributed by atoms with E-state index in [9.17, 15) is 9.59 Å². The van der Waals surface area contributed by atoms with Crippen LogP contribution >= 0.6 is 0 Å². The molecule has 38 heavy (non-hydrogen) atoms. The number of carbonyl (C=O) groups excluding carboxylic acids is 2. The van der Waals surface area contributed by atoms with E-state index in [0.29, 0.717) is 34.1 Å². The largest absolute Gasteiger partial charge is 0.456 e. The standard InChI is InChI=1S/C34H20O4/c35-33-26-16-8-20-30(38-28-18-6-12-22-10-2-4-14-24(22)28)32(26)34(36)25-15-7-19-29(31(25)33)37-27-17-5-11-21-9-1-3-13-23(21)27/h1-20H. The molecule has 180 valence electrons. The summed E-state index contributed by atoms with van der Waals surface area (Å²) in [5, 5.41) is 3.90. The van der Waals surface area contributed by atoms with E-state index in [1.165, 1.54) is 0 Å². The molecule has 0 saturated heterocycles. The molecule has 6 aromatic rings. The van der Waals surface area contributed by atoms with Gasteiger partial charge in [-0.15, -0.1) is 0 Å². The topological polar surface area (TPSA) is 52.6 Å². The van der Waals surface area contributed by atoms with Crippen LogP contribution < -0.4 is 9.47 Å². The van der Waals surface area contributed by atoms with E-state index < -0.39 is 0 Å². The van der Waals surface area contributed by atoms with Crippen molar-refractivity contribution >= 4 is 33.1 Å². The molecule has 0 aliphatic heterocycles. The van der Waals surface area contributed by atoms with Crippen LogP contribution in [0.2, 0.25) is 0 Å². The van der Waals surface area contributed by atoms with Gasteiger partial charge in [-0.05, 0) is 35.0 Å². The molecule has 0 N–H and O–H groups in total. The molecule has 7 rings (SSSR count). The Morgan fingerprint density at radius 2 is 0.737 bits per heavy atom. The summed E-state index contributed by atoms with van der Waals surface area (Å²) in [7, 11) is 0. The molecule has 0 spiro atoms. The van der Waals surface area contributed by atoms with Gasteiger partial charge in [-0.3, -0.25) is 9.59 Å². The Bertz CT molecular complexity index is 1770. The minimum absolute atomic E-state index is 0.264. The molecule has 0 saturated carbocycles. The van der Waals surface area contributed by atoms with E-state index in [1.807, 2.05) is 84.9 Å². The van der Waals surface area contributed by atoms with Crippen molar-refractivity contribution in [3.63, 3.8) is 0 Å². The quantitative estimate of drug-likeness (QED) is 0.248. The van der Waals surface area contributed by atoms with Gasteiger partial charge in [-0.2, -0.15) is 0 Å². The molecule has 4 nitrogen and oxygen atoms in total. The van der Waals surface area contributed by atoms with Gasteiger partial charge in [-0.1, -0.05) is 97.1 Å². The van der Waals surface area contributed by atoms with Crippen LogP contribution in [0.4, 0.5) is 0 Å². The zero-order valence-corrected chi connectivity index (χ0v) is 20.2. The zero-order valence-electron chi connectivity index (χ0n) is 20.2. The Hall–Kier alpha value is -5.22. The van der Waals surface area contributed by atoms with E-state index in [-0.39, 0.29) is 22.7 Å². The van der Waals surface area contributed by atoms with Crippen molar-refractivity contribution in [3.05, 3.63) is 144 Å². The second kappa shape index (κ2) is 8.71. The fourth-order valence-electron chi connectivity index (χ4n) is 5.15. The average Bonchev–Trinajstić information content (AvgIpc) is 2.96. The monoisotopic (exact) mass is 492 g/mol. The maximum Gasteiger partial charge on any atom is 0.198 e. The highest BCUT2D eigenvalue weighted by Crippen LogP contribution is 2.41. The van der Waals surface area contributed by atoms with Gasteiger partial charge in [0.25, 0.3) is 0 Å². The maximum absolute atomic E-state index is 13.9. The minimum atomic E-state index is -0.270. The fraction of sp³-hybridized carbons (Fsp3) is 0. The van der Waals surface area contributed by atoms with Crippen LogP contribution in [-0.4, -0.2) is 11.6 Å². The minimum Gasteiger partial charge on any atom is -0.456 e. The van der Waals surface area contributed by atoms with E-state index in [4.69, 9.17) is 9.47 Å². The Labute approximate surface area is 218 Å². The van der Waals surface area contributed by atoms with Crippen molar-refractivity contribution in [1.82, 2.24) is 0 Å². The summed E-state index contributed by atoms with van der Waals surface area (Å²) in [6.07, 6.45) is 0. The molecule has 0 radical (unpaired) electrons. The van der Waals surface area contributed by atoms with Gasteiger partial charge in [0.1, 0.15) is 23.0 Å². The smallest absolute Gasteiger partial charge is 0.198 e. The first-order valence-electron chi connectivity index (χ1n) is 12.4. The summed E-state index contributed by atoms with van der Waals surface area (Å²) in [5.41, 5.74) is 1.13. The van der Waals surface area contributed by atoms with Gasteiger partial charge < -0.3 is 9.47 Å². The van der Waals surface area contributed by atoms with E-state index in [2.05, 4.69) is 0 Å². The average molecular weight is 493 g/mol. The lowest BCUT2D eigenvalue weighted by molar-refractivity contribution is 0.0975. The molecule has 0 atom stereocenters. The van der Waals surface area contributed by atoms with E-state index in [1.54, 1.807) is 36.4 Å². The van der Waals surface area contributed by atoms with Gasteiger partial charge in [0.05, 0.1) is 11.1 Å². The molecule has 0 heterocycles. The van der Waals surface area contributed by atoms with Crippen molar-refractivity contribution in [2.75, 3.05) is 0 Å². The highest BCUT2D eigenvalue weighted by Gasteiger charge is 2.35. The molecule has 1 aliphatic carbocycles. The summed E-state index contributed by atoms with van der Waals surface area (Å²) in [5.74, 6) is 1.40. The highest BCUT2D eigenvalue weighted by molar-refractivity contribution is 6.30. The van der Waals surface area contributed by atoms with E-state index in [0.717, 1.165) is 21.5 Å². The molecule has 0 fully saturated rings. The molecule has 6 aromatic carbocycles. The van der Waals surface area contributed by atoms with Crippen molar-refractivity contribution in [2.24, 2.45) is 0 Å². The van der Waals surface area contributed by atoms with Crippen LogP contribution in [0.3, 0.4) is 0 Å². The lowest BCUT2D eigenvalue weighted by Crippen LogP contribution is -2.22. The molecular formula is C34H20O4. The molecule has 0 unspecified atom stereocenters. The second-order valence-electron chi connectivity index (χ2n) is 9.17. The Morgan fingerprint density at radius 3 is 1.21 bits per heavy atom. The Morgan fingerprint density at radius 1 is 0.368 bits per heavy atom. The lowest BCUT2D eigenvalue weighted by Gasteiger charge is -2.22. The third kappa shape index (κ3) is 3.46. The number of carbonyl (C=O) groups is 2. The number of ketones is 2. The van der Waals surface area contributed by atoms with Crippen molar-refractivity contribution in [2.45, 2.75) is 0 Å². The fourth-order valence-corrected chi connectivity index (χ4v) is 5.15. The second-order valence-corrected chi connectivity index (χ2v) is 9.17. The normalized spacial score (nSPS) is 12.3. The van der Waals surface area contributed by atoms with Gasteiger partial charge in [0.2, 0.25) is 0 Å². The molecule has 4 heteroatoms. The summed E-state index contributed by atoms with van der Waals surface area (Å²) in [6.45, 7) is 0. The van der Waals surface area contributed by atoms with Crippen molar-refractivity contribution < 1.29 is 19.1 Å². The van der Waals surface area contributed by atoms with Crippen LogP contribution in [0, 0.1) is 0 Å². The number of hydrogen-bond donors (Lipinski definition) is 0. The summed E-state index contributed by atoms with van der Waals surface area (Å²) < 4.78 is 12.6. The van der Waals surface area contributed by atoms with Gasteiger partial charge in [0.15, 0.2) is 11.6 Å². The molecule has 0 amide bonds. The molecule has 0 aromatic heterocycles. The Kier molecular flexibility index (Phi) is 5.05. The van der Waals surface area contributed by atoms with Crippen LogP contribution in [0.25, 0.3) is 21.5 Å². The first-order chi connectivity index (χ1) is 18.7. The molecular weight excluding hydrogens is 472 g/mol. The van der Waals surface area contributed by atoms with Gasteiger partial charge >= 0.3 is 0 Å². The highest BCUT2D eigenvalue weighted by atomic mass is 16.5. The summed E-state index contributed by atoms with van der Waals surface area (Å²) >= 11 is 0. The number of hydrogen-bond acceptors (Lipinski definition) is 4. The van der Waals surface area contributed by atoms with Crippen molar-refractivity contribution in [3.8, 4) is 23.0 Å².